The van der Waals surface area contributed by atoms with E-state index in [4.69, 9.17) is 4.74 Å². The second-order valence-corrected chi connectivity index (χ2v) is 11.6. The van der Waals surface area contributed by atoms with Crippen molar-refractivity contribution in [1.82, 2.24) is 0 Å². The minimum Gasteiger partial charge on any atom is -0.459 e. The monoisotopic (exact) mass is 626 g/mol. The second-order valence-electron chi connectivity index (χ2n) is 11.6. The van der Waals surface area contributed by atoms with Crippen molar-refractivity contribution in [3.8, 4) is 0 Å². The first kappa shape index (κ1) is 39.8. The fourth-order valence-corrected chi connectivity index (χ4v) is 4.89. The van der Waals surface area contributed by atoms with E-state index in [0.717, 1.165) is 12.8 Å². The number of cyclic esters (lactones) is 1. The summed E-state index contributed by atoms with van der Waals surface area (Å²) in [5.74, 6) is -2.35. The van der Waals surface area contributed by atoms with Crippen molar-refractivity contribution in [3.63, 3.8) is 0 Å². The lowest BCUT2D eigenvalue weighted by molar-refractivity contribution is -0.168. The molecule has 11 atom stereocenters. The molecular formula is C33H54O11. The molecular weight excluding hydrogens is 572 g/mol. The fourth-order valence-electron chi connectivity index (χ4n) is 4.89. The Bertz CT molecular complexity index is 959. The van der Waals surface area contributed by atoms with Gasteiger partial charge < -0.3 is 50.7 Å². The molecule has 11 unspecified atom stereocenters. The van der Waals surface area contributed by atoms with Crippen molar-refractivity contribution in [2.75, 3.05) is 0 Å². The number of carbonyl (C=O) groups is 1. The molecule has 0 fully saturated rings. The zero-order valence-electron chi connectivity index (χ0n) is 26.0. The van der Waals surface area contributed by atoms with Gasteiger partial charge in [0.25, 0.3) is 0 Å². The first-order valence-corrected chi connectivity index (χ1v) is 15.5. The van der Waals surface area contributed by atoms with E-state index in [2.05, 4.69) is 0 Å². The van der Waals surface area contributed by atoms with Gasteiger partial charge in [-0.25, -0.2) is 0 Å². The molecule has 252 valence electrons. The van der Waals surface area contributed by atoms with E-state index in [1.807, 2.05) is 6.92 Å². The molecule has 1 heterocycles. The summed E-state index contributed by atoms with van der Waals surface area (Å²) in [4.78, 5) is 13.1. The number of ether oxygens (including phenoxy) is 1. The van der Waals surface area contributed by atoms with Gasteiger partial charge in [0, 0.05) is 12.8 Å². The summed E-state index contributed by atoms with van der Waals surface area (Å²) in [6.45, 7) is 5.03. The lowest BCUT2D eigenvalue weighted by Crippen LogP contribution is -2.43. The summed E-state index contributed by atoms with van der Waals surface area (Å²) in [7, 11) is 0. The second kappa shape index (κ2) is 21.5. The van der Waals surface area contributed by atoms with Crippen LogP contribution in [0.5, 0.6) is 0 Å². The quantitative estimate of drug-likeness (QED) is 0.156. The van der Waals surface area contributed by atoms with Crippen LogP contribution in [0.15, 0.2) is 60.3 Å². The van der Waals surface area contributed by atoms with Crippen LogP contribution in [-0.4, -0.2) is 113 Å². The van der Waals surface area contributed by atoms with Gasteiger partial charge in [0.05, 0.1) is 36.6 Å². The van der Waals surface area contributed by atoms with Gasteiger partial charge >= 0.3 is 5.97 Å². The summed E-state index contributed by atoms with van der Waals surface area (Å²) < 4.78 is 5.40. The maximum absolute atomic E-state index is 13.1. The van der Waals surface area contributed by atoms with E-state index in [1.54, 1.807) is 55.5 Å². The number of esters is 1. The number of carbonyl (C=O) groups excluding carboxylic acids is 1. The van der Waals surface area contributed by atoms with Gasteiger partial charge in [0.1, 0.15) is 30.3 Å². The highest BCUT2D eigenvalue weighted by Crippen LogP contribution is 2.24. The Kier molecular flexibility index (Phi) is 19.5. The number of hydrogen-bond donors (Lipinski definition) is 9. The van der Waals surface area contributed by atoms with Crippen molar-refractivity contribution in [1.29, 1.82) is 0 Å². The molecule has 11 heteroatoms. The Balaban J connectivity index is 3.19. The van der Waals surface area contributed by atoms with Gasteiger partial charge in [0.2, 0.25) is 0 Å². The number of unbranched alkanes of at least 4 members (excludes halogenated alkanes) is 2. The molecule has 1 aliphatic heterocycles. The van der Waals surface area contributed by atoms with Crippen LogP contribution in [0.2, 0.25) is 0 Å². The molecule has 0 radical (unpaired) electrons. The molecule has 0 amide bonds. The largest absolute Gasteiger partial charge is 0.459 e. The van der Waals surface area contributed by atoms with Crippen molar-refractivity contribution < 1.29 is 55.5 Å². The minimum atomic E-state index is -1.60. The Hall–Kier alpha value is -2.19. The summed E-state index contributed by atoms with van der Waals surface area (Å²) in [5, 5.41) is 94.6. The SMILES string of the molecule is CCCCCC(O)C1C(=O)OC(C)C(O)/C=C/C=C/C=C/C=C\C=C(/C)C(O)C(O)C(O)CC(O)CC(O)CC(O)CC1O. The predicted octanol–water partition coefficient (Wildman–Crippen LogP) is 1.11. The van der Waals surface area contributed by atoms with Crippen LogP contribution < -0.4 is 0 Å². The third-order valence-electron chi connectivity index (χ3n) is 7.62. The van der Waals surface area contributed by atoms with Gasteiger partial charge in [-0.05, 0) is 38.7 Å². The van der Waals surface area contributed by atoms with Gasteiger partial charge in [-0.2, -0.15) is 0 Å². The van der Waals surface area contributed by atoms with Crippen LogP contribution in [0.25, 0.3) is 0 Å². The Morgan fingerprint density at radius 2 is 1.30 bits per heavy atom. The Morgan fingerprint density at radius 1 is 0.773 bits per heavy atom. The molecule has 11 nitrogen and oxygen atoms in total. The van der Waals surface area contributed by atoms with Gasteiger partial charge in [0.15, 0.2) is 0 Å². The first-order chi connectivity index (χ1) is 20.8. The minimum absolute atomic E-state index is 0.206. The van der Waals surface area contributed by atoms with Crippen LogP contribution in [0, 0.1) is 5.92 Å². The van der Waals surface area contributed by atoms with Crippen LogP contribution >= 0.6 is 0 Å². The number of rotatable bonds is 5. The normalized spacial score (nSPS) is 39.3. The zero-order chi connectivity index (χ0) is 33.2. The molecule has 1 rings (SSSR count). The molecule has 0 bridgehead atoms. The molecule has 1 aliphatic rings. The van der Waals surface area contributed by atoms with Gasteiger partial charge in [-0.3, -0.25) is 4.79 Å². The van der Waals surface area contributed by atoms with E-state index >= 15 is 0 Å². The standard InChI is InChI=1S/C33H54O11/c1-4-5-11-16-27(38)30-28(39)19-24(35)17-23(34)18-25(36)20-29(40)32(42)31(41)21(2)14-12-9-7-6-8-10-13-15-26(37)22(3)44-33(30)43/h6-10,12-15,22-32,34-42H,4-5,11,16-20H2,1-3H3/b7-6+,10-8+,12-9-,15-13+,21-14+. The molecule has 0 spiro atoms. The van der Waals surface area contributed by atoms with E-state index in [1.165, 1.54) is 13.0 Å². The average molecular weight is 627 g/mol. The molecule has 0 aliphatic carbocycles. The van der Waals surface area contributed by atoms with E-state index in [-0.39, 0.29) is 32.1 Å². The third kappa shape index (κ3) is 15.2. The Labute approximate surface area is 260 Å². The molecule has 0 aromatic carbocycles. The van der Waals surface area contributed by atoms with Gasteiger partial charge in [-0.15, -0.1) is 0 Å². The molecule has 0 aromatic heterocycles. The van der Waals surface area contributed by atoms with Crippen LogP contribution in [0.3, 0.4) is 0 Å². The molecule has 9 N–H and O–H groups in total. The first-order valence-electron chi connectivity index (χ1n) is 15.5. The smallest absolute Gasteiger partial charge is 0.314 e. The number of allylic oxidation sites excluding steroid dienone is 8. The molecule has 0 saturated heterocycles. The van der Waals surface area contributed by atoms with Crippen molar-refractivity contribution in [3.05, 3.63) is 60.3 Å². The maximum Gasteiger partial charge on any atom is 0.314 e. The zero-order valence-corrected chi connectivity index (χ0v) is 26.0. The average Bonchev–Trinajstić information content (AvgIpc) is 2.94. The van der Waals surface area contributed by atoms with Crippen LogP contribution in [0.1, 0.15) is 72.1 Å². The fraction of sp³-hybridized carbons (Fsp3) is 0.667. The summed E-state index contributed by atoms with van der Waals surface area (Å²) >= 11 is 0. The lowest BCUT2D eigenvalue weighted by atomic mass is 9.87. The summed E-state index contributed by atoms with van der Waals surface area (Å²) in [6.07, 6.45) is 2.32. The third-order valence-corrected chi connectivity index (χ3v) is 7.62. The predicted molar refractivity (Wildman–Crippen MR) is 166 cm³/mol. The molecule has 44 heavy (non-hydrogen) atoms. The van der Waals surface area contributed by atoms with Crippen LogP contribution in [-0.2, 0) is 9.53 Å². The van der Waals surface area contributed by atoms with Crippen molar-refractivity contribution in [2.24, 2.45) is 5.92 Å². The topological polar surface area (TPSA) is 208 Å². The highest BCUT2D eigenvalue weighted by atomic mass is 16.6. The highest BCUT2D eigenvalue weighted by molar-refractivity contribution is 5.74. The highest BCUT2D eigenvalue weighted by Gasteiger charge is 2.37. The molecule has 0 aromatic rings. The molecule has 0 saturated carbocycles. The van der Waals surface area contributed by atoms with E-state index < -0.39 is 72.9 Å². The number of hydrogen-bond acceptors (Lipinski definition) is 11. The van der Waals surface area contributed by atoms with Gasteiger partial charge in [-0.1, -0.05) is 80.9 Å². The Morgan fingerprint density at radius 3 is 1.89 bits per heavy atom. The van der Waals surface area contributed by atoms with E-state index in [0.29, 0.717) is 12.0 Å². The van der Waals surface area contributed by atoms with E-state index in [9.17, 15) is 50.8 Å². The van der Waals surface area contributed by atoms with Crippen molar-refractivity contribution in [2.45, 2.75) is 133 Å². The number of aliphatic hydroxyl groups is 9. The van der Waals surface area contributed by atoms with Crippen LogP contribution in [0.4, 0.5) is 0 Å². The summed E-state index contributed by atoms with van der Waals surface area (Å²) in [5.41, 5.74) is 0.370. The summed E-state index contributed by atoms with van der Waals surface area (Å²) in [6, 6.07) is 0. The maximum atomic E-state index is 13.1. The lowest BCUT2D eigenvalue weighted by Gasteiger charge is -2.30. The van der Waals surface area contributed by atoms with Crippen molar-refractivity contribution >= 4 is 5.97 Å². The number of aliphatic hydroxyl groups excluding tert-OH is 9.